The lowest BCUT2D eigenvalue weighted by Crippen LogP contribution is -2.51. The summed E-state index contributed by atoms with van der Waals surface area (Å²) < 4.78 is 33.7. The van der Waals surface area contributed by atoms with Crippen molar-refractivity contribution in [2.24, 2.45) is 0 Å². The number of nitrogens with one attached hydrogen (secondary N) is 2. The second kappa shape index (κ2) is 10.4. The molecular formula is C24H30N4O5S. The molecule has 10 heteroatoms. The Morgan fingerprint density at radius 3 is 2.38 bits per heavy atom. The van der Waals surface area contributed by atoms with E-state index in [2.05, 4.69) is 10.0 Å². The Bertz CT molecular complexity index is 1120. The molecule has 0 aromatic heterocycles. The summed E-state index contributed by atoms with van der Waals surface area (Å²) >= 11 is 0. The standard InChI is InChI=1S/C24H30N4O5S/c1-2-33-21-10-8-20(9-11-21)26-34(31,32)22-5-3-4-18(16-22)24(30)28-14-12-27(13-15-28)17-23(29)25-19-6-7-19/h3-5,8-11,16,19,26H,2,6-7,12-15,17H2,1H3,(H,25,29). The first-order chi connectivity index (χ1) is 16.3. The number of carbonyl (C=O) groups is 2. The van der Waals surface area contributed by atoms with Gasteiger partial charge in [-0.1, -0.05) is 6.07 Å². The number of amides is 2. The van der Waals surface area contributed by atoms with Gasteiger partial charge in [-0.15, -0.1) is 0 Å². The largest absolute Gasteiger partial charge is 0.494 e. The molecule has 1 aliphatic heterocycles. The molecule has 2 amide bonds. The molecule has 1 heterocycles. The molecule has 0 bridgehead atoms. The van der Waals surface area contributed by atoms with Gasteiger partial charge < -0.3 is 15.0 Å². The molecule has 2 aromatic rings. The van der Waals surface area contributed by atoms with E-state index in [1.54, 1.807) is 41.3 Å². The predicted octanol–water partition coefficient (Wildman–Crippen LogP) is 1.92. The average Bonchev–Trinajstić information content (AvgIpc) is 3.64. The normalized spacial score (nSPS) is 16.7. The van der Waals surface area contributed by atoms with Crippen LogP contribution in [-0.4, -0.2) is 75.4 Å². The lowest BCUT2D eigenvalue weighted by molar-refractivity contribution is -0.122. The van der Waals surface area contributed by atoms with Crippen LogP contribution in [-0.2, 0) is 14.8 Å². The Hall–Kier alpha value is -3.11. The van der Waals surface area contributed by atoms with Crippen LogP contribution in [0.2, 0.25) is 0 Å². The van der Waals surface area contributed by atoms with Crippen LogP contribution in [0.15, 0.2) is 53.4 Å². The number of benzene rings is 2. The zero-order valence-electron chi connectivity index (χ0n) is 19.2. The van der Waals surface area contributed by atoms with Crippen molar-refractivity contribution in [3.8, 4) is 5.75 Å². The molecule has 34 heavy (non-hydrogen) atoms. The smallest absolute Gasteiger partial charge is 0.261 e. The van der Waals surface area contributed by atoms with Crippen molar-refractivity contribution in [1.29, 1.82) is 0 Å². The fraction of sp³-hybridized carbons (Fsp3) is 0.417. The van der Waals surface area contributed by atoms with Gasteiger partial charge >= 0.3 is 0 Å². The summed E-state index contributed by atoms with van der Waals surface area (Å²) in [5, 5.41) is 2.98. The van der Waals surface area contributed by atoms with E-state index in [1.807, 2.05) is 11.8 Å². The number of anilines is 1. The van der Waals surface area contributed by atoms with Crippen LogP contribution < -0.4 is 14.8 Å². The minimum atomic E-state index is -3.87. The monoisotopic (exact) mass is 486 g/mol. The summed E-state index contributed by atoms with van der Waals surface area (Å²) in [6, 6.07) is 13.0. The van der Waals surface area contributed by atoms with Crippen LogP contribution in [0.25, 0.3) is 0 Å². The van der Waals surface area contributed by atoms with Gasteiger partial charge in [-0.3, -0.25) is 19.2 Å². The number of sulfonamides is 1. The summed E-state index contributed by atoms with van der Waals surface area (Å²) in [6.07, 6.45) is 2.11. The first-order valence-corrected chi connectivity index (χ1v) is 13.0. The minimum Gasteiger partial charge on any atom is -0.494 e. The highest BCUT2D eigenvalue weighted by Crippen LogP contribution is 2.21. The highest BCUT2D eigenvalue weighted by atomic mass is 32.2. The van der Waals surface area contributed by atoms with Crippen LogP contribution in [0, 0.1) is 0 Å². The number of ether oxygens (including phenoxy) is 1. The average molecular weight is 487 g/mol. The molecule has 0 radical (unpaired) electrons. The van der Waals surface area contributed by atoms with Crippen molar-refractivity contribution in [3.05, 3.63) is 54.1 Å². The topological polar surface area (TPSA) is 108 Å². The van der Waals surface area contributed by atoms with Gasteiger partial charge in [-0.25, -0.2) is 8.42 Å². The quantitative estimate of drug-likeness (QED) is 0.561. The van der Waals surface area contributed by atoms with Crippen molar-refractivity contribution < 1.29 is 22.7 Å². The van der Waals surface area contributed by atoms with Crippen molar-refractivity contribution >= 4 is 27.5 Å². The Balaban J connectivity index is 1.35. The predicted molar refractivity (Wildman–Crippen MR) is 128 cm³/mol. The van der Waals surface area contributed by atoms with Crippen LogP contribution in [0.1, 0.15) is 30.1 Å². The van der Waals surface area contributed by atoms with E-state index in [-0.39, 0.29) is 16.7 Å². The van der Waals surface area contributed by atoms with E-state index < -0.39 is 10.0 Å². The fourth-order valence-electron chi connectivity index (χ4n) is 3.79. The zero-order chi connectivity index (χ0) is 24.1. The lowest BCUT2D eigenvalue weighted by atomic mass is 10.2. The van der Waals surface area contributed by atoms with Crippen LogP contribution in [0.5, 0.6) is 5.75 Å². The number of hydrogen-bond donors (Lipinski definition) is 2. The van der Waals surface area contributed by atoms with Gasteiger partial charge in [-0.2, -0.15) is 0 Å². The molecular weight excluding hydrogens is 456 g/mol. The van der Waals surface area contributed by atoms with Gasteiger partial charge in [0.25, 0.3) is 15.9 Å². The Labute approximate surface area is 200 Å². The van der Waals surface area contributed by atoms with Gasteiger partial charge in [0.15, 0.2) is 0 Å². The van der Waals surface area contributed by atoms with Gasteiger partial charge in [0, 0.05) is 43.5 Å². The molecule has 2 fully saturated rings. The summed E-state index contributed by atoms with van der Waals surface area (Å²) in [7, 11) is -3.87. The molecule has 2 aromatic carbocycles. The summed E-state index contributed by atoms with van der Waals surface area (Å²) in [5.74, 6) is 0.460. The first-order valence-electron chi connectivity index (χ1n) is 11.5. The molecule has 1 aliphatic carbocycles. The maximum Gasteiger partial charge on any atom is 0.261 e. The van der Waals surface area contributed by atoms with E-state index in [4.69, 9.17) is 4.74 Å². The third kappa shape index (κ3) is 6.27. The molecule has 2 N–H and O–H groups in total. The van der Waals surface area contributed by atoms with Crippen LogP contribution in [0.4, 0.5) is 5.69 Å². The van der Waals surface area contributed by atoms with Gasteiger partial charge in [0.2, 0.25) is 5.91 Å². The van der Waals surface area contributed by atoms with Crippen molar-refractivity contribution in [3.63, 3.8) is 0 Å². The van der Waals surface area contributed by atoms with Crippen LogP contribution in [0.3, 0.4) is 0 Å². The molecule has 1 saturated heterocycles. The van der Waals surface area contributed by atoms with Gasteiger partial charge in [0.1, 0.15) is 5.75 Å². The number of rotatable bonds is 9. The number of piperazine rings is 1. The Kier molecular flexibility index (Phi) is 7.38. The number of nitrogens with zero attached hydrogens (tertiary/aromatic N) is 2. The summed E-state index contributed by atoms with van der Waals surface area (Å²) in [4.78, 5) is 28.8. The zero-order valence-corrected chi connectivity index (χ0v) is 20.0. The maximum atomic E-state index is 13.0. The first kappa shape index (κ1) is 24.0. The number of hydrogen-bond acceptors (Lipinski definition) is 6. The summed E-state index contributed by atoms with van der Waals surface area (Å²) in [6.45, 7) is 4.90. The van der Waals surface area contributed by atoms with Gasteiger partial charge in [-0.05, 0) is 62.2 Å². The van der Waals surface area contributed by atoms with Crippen molar-refractivity contribution in [2.75, 3.05) is 44.1 Å². The minimum absolute atomic E-state index is 0.0163. The molecule has 0 spiro atoms. The summed E-state index contributed by atoms with van der Waals surface area (Å²) in [5.41, 5.74) is 0.719. The molecule has 1 saturated carbocycles. The van der Waals surface area contributed by atoms with E-state index in [9.17, 15) is 18.0 Å². The Morgan fingerprint density at radius 2 is 1.74 bits per heavy atom. The maximum absolute atomic E-state index is 13.0. The van der Waals surface area contributed by atoms with E-state index in [0.29, 0.717) is 62.4 Å². The molecule has 0 atom stereocenters. The fourth-order valence-corrected chi connectivity index (χ4v) is 4.90. The molecule has 182 valence electrons. The van der Waals surface area contributed by atoms with Gasteiger partial charge in [0.05, 0.1) is 18.0 Å². The SMILES string of the molecule is CCOc1ccc(NS(=O)(=O)c2cccc(C(=O)N3CCN(CC(=O)NC4CC4)CC3)c2)cc1. The third-order valence-electron chi connectivity index (χ3n) is 5.78. The second-order valence-corrected chi connectivity index (χ2v) is 10.2. The van der Waals surface area contributed by atoms with Crippen molar-refractivity contribution in [2.45, 2.75) is 30.7 Å². The molecule has 4 rings (SSSR count). The Morgan fingerprint density at radius 1 is 1.03 bits per heavy atom. The lowest BCUT2D eigenvalue weighted by Gasteiger charge is -2.34. The van der Waals surface area contributed by atoms with E-state index in [0.717, 1.165) is 12.8 Å². The third-order valence-corrected chi connectivity index (χ3v) is 7.16. The highest BCUT2D eigenvalue weighted by Gasteiger charge is 2.27. The molecule has 9 nitrogen and oxygen atoms in total. The second-order valence-electron chi connectivity index (χ2n) is 8.50. The van der Waals surface area contributed by atoms with Crippen LogP contribution >= 0.6 is 0 Å². The number of carbonyl (C=O) groups excluding carboxylic acids is 2. The van der Waals surface area contributed by atoms with Crippen molar-refractivity contribution in [1.82, 2.24) is 15.1 Å². The molecule has 2 aliphatic rings. The molecule has 0 unspecified atom stereocenters. The van der Waals surface area contributed by atoms with E-state index >= 15 is 0 Å². The highest BCUT2D eigenvalue weighted by molar-refractivity contribution is 7.92. The van der Waals surface area contributed by atoms with E-state index in [1.165, 1.54) is 12.1 Å².